The molecule has 72 valence electrons. The molecule has 1 aromatic rings. The molecule has 0 aliphatic heterocycles. The van der Waals surface area contributed by atoms with E-state index in [0.717, 1.165) is 0 Å². The molecule has 0 aliphatic rings. The number of rotatable bonds is 1. The van der Waals surface area contributed by atoms with E-state index in [4.69, 9.17) is 7.85 Å². The highest BCUT2D eigenvalue weighted by Gasteiger charge is 2.30. The number of hydrogen-bond donors (Lipinski definition) is 1. The van der Waals surface area contributed by atoms with Crippen molar-refractivity contribution in [3.8, 4) is 0 Å². The number of aliphatic hydroxyl groups is 1. The molecular weight excluding hydrogens is 188 g/mol. The van der Waals surface area contributed by atoms with Gasteiger partial charge < -0.3 is 5.11 Å². The summed E-state index contributed by atoms with van der Waals surface area (Å²) in [6.45, 7) is -3.13. The van der Waals surface area contributed by atoms with Gasteiger partial charge >= 0.3 is 6.18 Å². The molecule has 0 amide bonds. The Kier molecular flexibility index (Phi) is 1.88. The first-order chi connectivity index (χ1) is 6.62. The van der Waals surface area contributed by atoms with E-state index in [1.807, 2.05) is 0 Å². The van der Waals surface area contributed by atoms with E-state index in [1.165, 1.54) is 0 Å². The van der Waals surface area contributed by atoms with Gasteiger partial charge in [-0.15, -0.1) is 0 Å². The van der Waals surface area contributed by atoms with Gasteiger partial charge in [0.2, 0.25) is 0 Å². The summed E-state index contributed by atoms with van der Waals surface area (Å²) in [5.74, 6) is -1.23. The van der Waals surface area contributed by atoms with E-state index < -0.39 is 29.7 Å². The number of benzene rings is 1. The summed E-state index contributed by atoms with van der Waals surface area (Å²) >= 11 is 0. The maximum absolute atomic E-state index is 12.9. The third-order valence-corrected chi connectivity index (χ3v) is 1.41. The molecule has 0 aliphatic carbocycles. The van der Waals surface area contributed by atoms with Crippen molar-refractivity contribution in [2.24, 2.45) is 0 Å². The molecule has 13 heavy (non-hydrogen) atoms. The van der Waals surface area contributed by atoms with Crippen LogP contribution in [0.5, 0.6) is 0 Å². The van der Waals surface area contributed by atoms with Crippen molar-refractivity contribution in [2.75, 3.05) is 0 Å². The molecule has 0 saturated heterocycles. The van der Waals surface area contributed by atoms with Gasteiger partial charge in [-0.2, -0.15) is 13.2 Å². The molecule has 0 heterocycles. The molecule has 1 aromatic carbocycles. The molecular formula is C8H6F4O. The Labute approximate surface area is 74.4 Å². The van der Waals surface area contributed by atoms with Crippen molar-refractivity contribution < 1.29 is 25.4 Å². The average Bonchev–Trinajstić information content (AvgIpc) is 2.00. The normalized spacial score (nSPS) is 15.2. The smallest absolute Gasteiger partial charge is 0.392 e. The van der Waals surface area contributed by atoms with Crippen LogP contribution in [0.25, 0.3) is 0 Å². The highest BCUT2D eigenvalue weighted by Crippen LogP contribution is 2.30. The molecule has 0 radical (unpaired) electrons. The van der Waals surface area contributed by atoms with Gasteiger partial charge in [0.1, 0.15) is 5.82 Å². The molecule has 1 nitrogen and oxygen atoms in total. The van der Waals surface area contributed by atoms with Crippen molar-refractivity contribution in [3.05, 3.63) is 35.1 Å². The van der Waals surface area contributed by atoms with Crippen LogP contribution in [-0.2, 0) is 12.7 Å². The van der Waals surface area contributed by atoms with E-state index in [2.05, 4.69) is 0 Å². The zero-order chi connectivity index (χ0) is 11.9. The Morgan fingerprint density at radius 3 is 2.46 bits per heavy atom. The van der Waals surface area contributed by atoms with Gasteiger partial charge in [-0.1, -0.05) is 0 Å². The van der Waals surface area contributed by atoms with Crippen molar-refractivity contribution in [3.63, 3.8) is 0 Å². The molecule has 0 atom stereocenters. The number of alkyl halides is 3. The van der Waals surface area contributed by atoms with Gasteiger partial charge in [-0.3, -0.25) is 0 Å². The van der Waals surface area contributed by atoms with E-state index >= 15 is 0 Å². The molecule has 0 bridgehead atoms. The van der Waals surface area contributed by atoms with Gasteiger partial charge in [-0.05, 0) is 18.2 Å². The van der Waals surface area contributed by atoms with Gasteiger partial charge in [0.25, 0.3) is 0 Å². The first kappa shape index (κ1) is 7.32. The summed E-state index contributed by atoms with van der Waals surface area (Å²) in [5.41, 5.74) is -2.24. The van der Waals surface area contributed by atoms with Crippen LogP contribution < -0.4 is 0 Å². The highest BCUT2D eigenvalue weighted by atomic mass is 19.4. The van der Waals surface area contributed by atoms with Crippen LogP contribution >= 0.6 is 0 Å². The lowest BCUT2D eigenvalue weighted by Gasteiger charge is -2.07. The van der Waals surface area contributed by atoms with Crippen molar-refractivity contribution in [2.45, 2.75) is 12.7 Å². The zero-order valence-electron chi connectivity index (χ0n) is 8.19. The Morgan fingerprint density at radius 1 is 1.38 bits per heavy atom. The molecule has 0 spiro atoms. The van der Waals surface area contributed by atoms with Gasteiger partial charge in [0.15, 0.2) is 0 Å². The van der Waals surface area contributed by atoms with E-state index in [0.29, 0.717) is 12.1 Å². The monoisotopic (exact) mass is 196 g/mol. The second kappa shape index (κ2) is 3.33. The first-order valence-electron chi connectivity index (χ1n) is 4.22. The topological polar surface area (TPSA) is 20.2 Å². The maximum Gasteiger partial charge on any atom is 0.416 e. The summed E-state index contributed by atoms with van der Waals surface area (Å²) in [6, 6.07) is 1.19. The lowest BCUT2D eigenvalue weighted by molar-refractivity contribution is -0.137. The molecule has 1 N–H and O–H groups in total. The lowest BCUT2D eigenvalue weighted by Crippen LogP contribution is -2.06. The van der Waals surface area contributed by atoms with Gasteiger partial charge in [-0.25, -0.2) is 4.39 Å². The highest BCUT2D eigenvalue weighted by molar-refractivity contribution is 5.26. The van der Waals surface area contributed by atoms with E-state index in [-0.39, 0.29) is 6.07 Å². The standard InChI is InChI=1S/C8H6F4O/c9-7-2-1-6(8(10,11)12)3-5(7)4-13/h1-3,13H,4H2/i4D2. The van der Waals surface area contributed by atoms with Crippen molar-refractivity contribution in [1.82, 2.24) is 0 Å². The fraction of sp³-hybridized carbons (Fsp3) is 0.250. The molecule has 0 saturated carbocycles. The third kappa shape index (κ3) is 2.18. The maximum atomic E-state index is 12.9. The minimum absolute atomic E-state index is 0.245. The predicted molar refractivity (Wildman–Crippen MR) is 37.3 cm³/mol. The van der Waals surface area contributed by atoms with Crippen molar-refractivity contribution in [1.29, 1.82) is 0 Å². The summed E-state index contributed by atoms with van der Waals surface area (Å²) in [5, 5.41) is 8.79. The minimum Gasteiger partial charge on any atom is -0.392 e. The summed E-state index contributed by atoms with van der Waals surface area (Å²) < 4.78 is 62.8. The molecule has 0 unspecified atom stereocenters. The lowest BCUT2D eigenvalue weighted by atomic mass is 10.1. The summed E-state index contributed by atoms with van der Waals surface area (Å²) in [7, 11) is 0. The molecule has 0 fully saturated rings. The molecule has 0 aromatic heterocycles. The number of hydrogen-bond acceptors (Lipinski definition) is 1. The van der Waals surface area contributed by atoms with Crippen LogP contribution in [0, 0.1) is 5.82 Å². The number of halogens is 4. The summed E-state index contributed by atoms with van der Waals surface area (Å²) in [6.07, 6.45) is -4.70. The average molecular weight is 196 g/mol. The van der Waals surface area contributed by atoms with Crippen LogP contribution in [0.3, 0.4) is 0 Å². The Balaban J connectivity index is 3.30. The van der Waals surface area contributed by atoms with Crippen molar-refractivity contribution >= 4 is 0 Å². The van der Waals surface area contributed by atoms with Gasteiger partial charge in [0, 0.05) is 5.56 Å². The molecule has 5 heteroatoms. The van der Waals surface area contributed by atoms with Crippen LogP contribution in [0.2, 0.25) is 0 Å². The zero-order valence-corrected chi connectivity index (χ0v) is 6.19. The predicted octanol–water partition coefficient (Wildman–Crippen LogP) is 2.34. The summed E-state index contributed by atoms with van der Waals surface area (Å²) in [4.78, 5) is 0. The Bertz CT molecular complexity index is 370. The fourth-order valence-corrected chi connectivity index (χ4v) is 0.787. The second-order valence-corrected chi connectivity index (χ2v) is 2.30. The quantitative estimate of drug-likeness (QED) is 0.683. The minimum atomic E-state index is -4.70. The van der Waals surface area contributed by atoms with E-state index in [1.54, 1.807) is 0 Å². The Morgan fingerprint density at radius 2 is 2.00 bits per heavy atom. The largest absolute Gasteiger partial charge is 0.416 e. The van der Waals surface area contributed by atoms with Crippen LogP contribution in [0.4, 0.5) is 17.6 Å². The van der Waals surface area contributed by atoms with Gasteiger partial charge in [0.05, 0.1) is 14.9 Å². The SMILES string of the molecule is [2H]C([2H])(O)c1cc(C(F)(F)F)ccc1F. The molecule has 1 rings (SSSR count). The first-order valence-corrected chi connectivity index (χ1v) is 3.22. The van der Waals surface area contributed by atoms with E-state index in [9.17, 15) is 17.6 Å². The fourth-order valence-electron chi connectivity index (χ4n) is 0.787. The third-order valence-electron chi connectivity index (χ3n) is 1.41. The Hall–Kier alpha value is -1.10. The van der Waals surface area contributed by atoms with Crippen LogP contribution in [0.15, 0.2) is 18.2 Å². The second-order valence-electron chi connectivity index (χ2n) is 2.30. The van der Waals surface area contributed by atoms with Crippen LogP contribution in [0.1, 0.15) is 13.9 Å². The van der Waals surface area contributed by atoms with Crippen LogP contribution in [-0.4, -0.2) is 5.11 Å².